The molecule has 1 N–H and O–H groups in total. The van der Waals surface area contributed by atoms with Gasteiger partial charge in [-0.3, -0.25) is 19.5 Å². The molecule has 146 valence electrons. The van der Waals surface area contributed by atoms with Crippen LogP contribution >= 0.6 is 23.4 Å². The average molecular weight is 410 g/mol. The molecule has 6 nitrogen and oxygen atoms in total. The smallest absolute Gasteiger partial charge is 0.242 e. The Labute approximate surface area is 168 Å². The summed E-state index contributed by atoms with van der Waals surface area (Å²) in [5.41, 5.74) is 0.495. The number of methoxy groups -OCH3 is 1. The largest absolute Gasteiger partial charge is 0.495 e. The van der Waals surface area contributed by atoms with Crippen molar-refractivity contribution < 1.29 is 14.3 Å². The van der Waals surface area contributed by atoms with Crippen molar-refractivity contribution in [2.75, 3.05) is 19.5 Å². The van der Waals surface area contributed by atoms with Gasteiger partial charge >= 0.3 is 0 Å². The summed E-state index contributed by atoms with van der Waals surface area (Å²) in [7, 11) is 3.26. The van der Waals surface area contributed by atoms with E-state index in [2.05, 4.69) is 5.32 Å². The van der Waals surface area contributed by atoms with E-state index in [4.69, 9.17) is 21.3 Å². The second kappa shape index (κ2) is 8.97. The normalized spacial score (nSPS) is 22.3. The van der Waals surface area contributed by atoms with Crippen LogP contribution in [0.25, 0.3) is 0 Å². The first-order valence-electron chi connectivity index (χ1n) is 9.13. The molecule has 3 rings (SSSR count). The van der Waals surface area contributed by atoms with E-state index in [1.807, 2.05) is 0 Å². The number of halogens is 1. The van der Waals surface area contributed by atoms with Crippen LogP contribution in [0.2, 0.25) is 5.02 Å². The standard InChI is InChI=1S/C19H24ClN3O3S/c1-23-18(25)16(27-19(23)21-13-6-4-3-5-7-13)11-17(24)22-14-10-12(20)8-9-15(14)26-2/h8-10,13,16H,3-7,11H2,1-2H3,(H,22,24)/t16-/m0/s1. The summed E-state index contributed by atoms with van der Waals surface area (Å²) in [6.45, 7) is 0. The SMILES string of the molecule is COc1ccc(Cl)cc1NC(=O)C[C@@H]1SC(=NC2CCCCC2)N(C)C1=O. The monoisotopic (exact) mass is 409 g/mol. The topological polar surface area (TPSA) is 71.0 Å². The lowest BCUT2D eigenvalue weighted by molar-refractivity contribution is -0.127. The van der Waals surface area contributed by atoms with Crippen molar-refractivity contribution in [2.24, 2.45) is 4.99 Å². The van der Waals surface area contributed by atoms with Gasteiger partial charge in [0.15, 0.2) is 5.17 Å². The van der Waals surface area contributed by atoms with Gasteiger partial charge < -0.3 is 10.1 Å². The van der Waals surface area contributed by atoms with Gasteiger partial charge in [-0.15, -0.1) is 0 Å². The Bertz CT molecular complexity index is 750. The molecule has 1 aromatic rings. The summed E-state index contributed by atoms with van der Waals surface area (Å²) in [6, 6.07) is 5.30. The molecular weight excluding hydrogens is 386 g/mol. The van der Waals surface area contributed by atoms with E-state index in [0.717, 1.165) is 18.0 Å². The molecule has 8 heteroatoms. The summed E-state index contributed by atoms with van der Waals surface area (Å²) in [5, 5.41) is 3.56. The predicted octanol–water partition coefficient (Wildman–Crippen LogP) is 3.94. The zero-order chi connectivity index (χ0) is 19.4. The number of thioether (sulfide) groups is 1. The molecule has 27 heavy (non-hydrogen) atoms. The van der Waals surface area contributed by atoms with Crippen LogP contribution in [0.3, 0.4) is 0 Å². The van der Waals surface area contributed by atoms with E-state index < -0.39 is 5.25 Å². The van der Waals surface area contributed by atoms with Crippen molar-refractivity contribution in [3.8, 4) is 5.75 Å². The van der Waals surface area contributed by atoms with Crippen LogP contribution in [-0.4, -0.2) is 47.3 Å². The highest BCUT2D eigenvalue weighted by atomic mass is 35.5. The number of nitrogens with one attached hydrogen (secondary N) is 1. The van der Waals surface area contributed by atoms with E-state index >= 15 is 0 Å². The van der Waals surface area contributed by atoms with Crippen LogP contribution in [0.4, 0.5) is 5.69 Å². The molecule has 1 aliphatic heterocycles. The molecule has 1 aromatic carbocycles. The Kier molecular flexibility index (Phi) is 6.65. The van der Waals surface area contributed by atoms with Gasteiger partial charge in [-0.05, 0) is 31.0 Å². The number of hydrogen-bond acceptors (Lipinski definition) is 5. The third kappa shape index (κ3) is 4.96. The number of amides is 2. The highest BCUT2D eigenvalue weighted by Crippen LogP contribution is 2.32. The molecular formula is C19H24ClN3O3S. The number of ether oxygens (including phenoxy) is 1. The van der Waals surface area contributed by atoms with Crippen molar-refractivity contribution in [1.82, 2.24) is 4.90 Å². The lowest BCUT2D eigenvalue weighted by atomic mass is 9.96. The zero-order valence-corrected chi connectivity index (χ0v) is 17.1. The lowest BCUT2D eigenvalue weighted by Crippen LogP contribution is -2.30. The lowest BCUT2D eigenvalue weighted by Gasteiger charge is -2.19. The number of aliphatic imine (C=N–C) groups is 1. The Morgan fingerprint density at radius 3 is 2.81 bits per heavy atom. The number of carbonyl (C=O) groups excluding carboxylic acids is 2. The number of anilines is 1. The molecule has 1 saturated heterocycles. The number of benzene rings is 1. The van der Waals surface area contributed by atoms with Gasteiger partial charge in [-0.1, -0.05) is 42.6 Å². The van der Waals surface area contributed by atoms with Gasteiger partial charge in [-0.2, -0.15) is 0 Å². The van der Waals surface area contributed by atoms with Gasteiger partial charge in [0.25, 0.3) is 0 Å². The van der Waals surface area contributed by atoms with Gasteiger partial charge in [0.1, 0.15) is 11.0 Å². The Hall–Kier alpha value is -1.73. The minimum absolute atomic E-state index is 0.0766. The predicted molar refractivity (Wildman–Crippen MR) is 110 cm³/mol. The summed E-state index contributed by atoms with van der Waals surface area (Å²) in [5.74, 6) is 0.186. The fourth-order valence-electron chi connectivity index (χ4n) is 3.33. The summed E-state index contributed by atoms with van der Waals surface area (Å²) in [6.07, 6.45) is 5.87. The Morgan fingerprint density at radius 2 is 2.11 bits per heavy atom. The first-order valence-corrected chi connectivity index (χ1v) is 10.4. The van der Waals surface area contributed by atoms with Crippen molar-refractivity contribution >= 4 is 46.0 Å². The zero-order valence-electron chi connectivity index (χ0n) is 15.5. The van der Waals surface area contributed by atoms with Crippen LogP contribution in [-0.2, 0) is 9.59 Å². The maximum Gasteiger partial charge on any atom is 0.242 e. The first-order chi connectivity index (χ1) is 13.0. The third-order valence-electron chi connectivity index (χ3n) is 4.81. The maximum absolute atomic E-state index is 12.5. The molecule has 1 heterocycles. The van der Waals surface area contributed by atoms with Gasteiger partial charge in [0.2, 0.25) is 11.8 Å². The molecule has 1 aliphatic carbocycles. The van der Waals surface area contributed by atoms with Crippen molar-refractivity contribution in [1.29, 1.82) is 0 Å². The molecule has 1 atom stereocenters. The van der Waals surface area contributed by atoms with E-state index in [0.29, 0.717) is 22.5 Å². The van der Waals surface area contributed by atoms with Crippen LogP contribution in [0.5, 0.6) is 5.75 Å². The highest BCUT2D eigenvalue weighted by Gasteiger charge is 2.37. The molecule has 2 amide bonds. The maximum atomic E-state index is 12.5. The second-order valence-corrected chi connectivity index (χ2v) is 8.41. The molecule has 0 radical (unpaired) electrons. The van der Waals surface area contributed by atoms with E-state index in [9.17, 15) is 9.59 Å². The summed E-state index contributed by atoms with van der Waals surface area (Å²) < 4.78 is 5.24. The summed E-state index contributed by atoms with van der Waals surface area (Å²) in [4.78, 5) is 31.3. The van der Waals surface area contributed by atoms with Crippen LogP contribution in [0, 0.1) is 0 Å². The molecule has 2 aliphatic rings. The average Bonchev–Trinajstić information content (AvgIpc) is 2.90. The number of nitrogens with zero attached hydrogens (tertiary/aromatic N) is 2. The molecule has 1 saturated carbocycles. The number of amidine groups is 1. The number of rotatable bonds is 5. The van der Waals surface area contributed by atoms with Crippen LogP contribution in [0.1, 0.15) is 38.5 Å². The minimum Gasteiger partial charge on any atom is -0.495 e. The second-order valence-electron chi connectivity index (χ2n) is 6.80. The highest BCUT2D eigenvalue weighted by molar-refractivity contribution is 8.15. The van der Waals surface area contributed by atoms with Crippen LogP contribution < -0.4 is 10.1 Å². The van der Waals surface area contributed by atoms with Gasteiger partial charge in [0, 0.05) is 18.5 Å². The third-order valence-corrected chi connectivity index (χ3v) is 6.29. The number of hydrogen-bond donors (Lipinski definition) is 1. The first kappa shape index (κ1) is 20.0. The minimum atomic E-state index is -0.456. The van der Waals surface area contributed by atoms with Crippen molar-refractivity contribution in [2.45, 2.75) is 49.8 Å². The molecule has 0 aromatic heterocycles. The Morgan fingerprint density at radius 1 is 1.37 bits per heavy atom. The van der Waals surface area contributed by atoms with E-state index in [1.165, 1.54) is 38.1 Å². The van der Waals surface area contributed by atoms with Crippen molar-refractivity contribution in [3.05, 3.63) is 23.2 Å². The van der Waals surface area contributed by atoms with Crippen LogP contribution in [0.15, 0.2) is 23.2 Å². The van der Waals surface area contributed by atoms with E-state index in [1.54, 1.807) is 30.1 Å². The van der Waals surface area contributed by atoms with Gasteiger partial charge in [0.05, 0.1) is 18.8 Å². The summed E-state index contributed by atoms with van der Waals surface area (Å²) >= 11 is 7.37. The molecule has 0 unspecified atom stereocenters. The fraction of sp³-hybridized carbons (Fsp3) is 0.526. The Balaban J connectivity index is 1.63. The number of carbonyl (C=O) groups is 2. The van der Waals surface area contributed by atoms with Gasteiger partial charge in [-0.25, -0.2) is 0 Å². The van der Waals surface area contributed by atoms with Crippen molar-refractivity contribution in [3.63, 3.8) is 0 Å². The van der Waals surface area contributed by atoms with E-state index in [-0.39, 0.29) is 18.2 Å². The molecule has 0 bridgehead atoms. The molecule has 2 fully saturated rings. The molecule has 0 spiro atoms. The fourth-order valence-corrected chi connectivity index (χ4v) is 4.71. The quantitative estimate of drug-likeness (QED) is 0.799.